The molecule has 3 N–H and O–H groups in total. The highest BCUT2D eigenvalue weighted by Gasteiger charge is 2.10. The van der Waals surface area contributed by atoms with Gasteiger partial charge in [0.2, 0.25) is 0 Å². The van der Waals surface area contributed by atoms with E-state index < -0.39 is 0 Å². The zero-order chi connectivity index (χ0) is 13.9. The minimum absolute atomic E-state index is 0.166. The number of nitrogens with one attached hydrogen (secondary N) is 1. The van der Waals surface area contributed by atoms with Gasteiger partial charge in [-0.25, -0.2) is 4.98 Å². The largest absolute Gasteiger partial charge is 0.448 e. The van der Waals surface area contributed by atoms with Crippen LogP contribution >= 0.6 is 0 Å². The quantitative estimate of drug-likeness (QED) is 0.637. The summed E-state index contributed by atoms with van der Waals surface area (Å²) in [7, 11) is 0. The third-order valence-corrected chi connectivity index (χ3v) is 2.96. The first-order valence-corrected chi connectivity index (χ1v) is 7.20. The van der Waals surface area contributed by atoms with Crippen LogP contribution in [0.5, 0.6) is 0 Å². The molecule has 1 amide bonds. The van der Waals surface area contributed by atoms with Gasteiger partial charge in [-0.1, -0.05) is 39.0 Å². The number of nitrogens with zero attached hydrogens (tertiary/aromatic N) is 1. The van der Waals surface area contributed by atoms with E-state index in [0.717, 1.165) is 12.8 Å². The number of rotatable bonds is 10. The number of oxazole rings is 1. The molecule has 0 fully saturated rings. The molecule has 0 aliphatic carbocycles. The van der Waals surface area contributed by atoms with Crippen molar-refractivity contribution in [1.82, 2.24) is 10.3 Å². The zero-order valence-electron chi connectivity index (χ0n) is 11.8. The van der Waals surface area contributed by atoms with Crippen molar-refractivity contribution >= 4 is 5.91 Å². The number of nitrogens with two attached hydrogens (primary N) is 1. The second-order valence-corrected chi connectivity index (χ2v) is 4.69. The van der Waals surface area contributed by atoms with Crippen molar-refractivity contribution in [2.75, 3.05) is 13.1 Å². The maximum Gasteiger partial charge on any atom is 0.273 e. The number of aromatic nitrogens is 1. The fourth-order valence-corrected chi connectivity index (χ4v) is 1.85. The van der Waals surface area contributed by atoms with Crippen LogP contribution in [0.15, 0.2) is 10.7 Å². The molecule has 0 aliphatic heterocycles. The molecule has 0 saturated heterocycles. The minimum atomic E-state index is -0.166. The van der Waals surface area contributed by atoms with Crippen molar-refractivity contribution in [1.29, 1.82) is 0 Å². The van der Waals surface area contributed by atoms with Crippen molar-refractivity contribution in [3.8, 4) is 0 Å². The van der Waals surface area contributed by atoms with E-state index >= 15 is 0 Å². The van der Waals surface area contributed by atoms with Gasteiger partial charge in [0.25, 0.3) is 5.91 Å². The maximum absolute atomic E-state index is 11.7. The topological polar surface area (TPSA) is 81.2 Å². The van der Waals surface area contributed by atoms with Gasteiger partial charge in [-0.05, 0) is 6.42 Å². The summed E-state index contributed by atoms with van der Waals surface area (Å²) in [5.74, 6) is 0.354. The Hall–Kier alpha value is -1.36. The Bertz CT molecular complexity index is 363. The number of carbonyl (C=O) groups is 1. The van der Waals surface area contributed by atoms with Gasteiger partial charge in [0.1, 0.15) is 6.26 Å². The molecule has 0 radical (unpaired) electrons. The van der Waals surface area contributed by atoms with Crippen molar-refractivity contribution in [3.63, 3.8) is 0 Å². The summed E-state index contributed by atoms with van der Waals surface area (Å²) in [6, 6.07) is 0. The van der Waals surface area contributed by atoms with Crippen LogP contribution in [0.1, 0.15) is 61.8 Å². The molecule has 1 heterocycles. The van der Waals surface area contributed by atoms with Gasteiger partial charge in [-0.2, -0.15) is 0 Å². The van der Waals surface area contributed by atoms with Gasteiger partial charge in [-0.3, -0.25) is 4.79 Å². The lowest BCUT2D eigenvalue weighted by Gasteiger charge is -2.02. The van der Waals surface area contributed by atoms with Crippen LogP contribution in [0.3, 0.4) is 0 Å². The molecule has 1 aromatic heterocycles. The number of amides is 1. The van der Waals surface area contributed by atoms with Crippen LogP contribution in [0.25, 0.3) is 0 Å². The van der Waals surface area contributed by atoms with Gasteiger partial charge < -0.3 is 15.5 Å². The first kappa shape index (κ1) is 15.7. The van der Waals surface area contributed by atoms with Gasteiger partial charge in [-0.15, -0.1) is 0 Å². The van der Waals surface area contributed by atoms with Crippen LogP contribution in [0.2, 0.25) is 0 Å². The van der Waals surface area contributed by atoms with Crippen LogP contribution < -0.4 is 11.1 Å². The highest BCUT2D eigenvalue weighted by molar-refractivity contribution is 5.91. The third-order valence-electron chi connectivity index (χ3n) is 2.96. The predicted octanol–water partition coefficient (Wildman–Crippen LogP) is 2.27. The van der Waals surface area contributed by atoms with Gasteiger partial charge in [0, 0.05) is 19.5 Å². The summed E-state index contributed by atoms with van der Waals surface area (Å²) in [6.07, 6.45) is 9.22. The summed E-state index contributed by atoms with van der Waals surface area (Å²) < 4.78 is 5.15. The summed E-state index contributed by atoms with van der Waals surface area (Å²) in [5.41, 5.74) is 5.74. The predicted molar refractivity (Wildman–Crippen MR) is 75.0 cm³/mol. The molecule has 0 bridgehead atoms. The zero-order valence-corrected chi connectivity index (χ0v) is 11.8. The van der Waals surface area contributed by atoms with Crippen LogP contribution in [-0.4, -0.2) is 24.0 Å². The second-order valence-electron chi connectivity index (χ2n) is 4.69. The summed E-state index contributed by atoms with van der Waals surface area (Å²) in [6.45, 7) is 3.38. The number of carbonyl (C=O) groups excluding carboxylic acids is 1. The van der Waals surface area contributed by atoms with E-state index in [9.17, 15) is 4.79 Å². The van der Waals surface area contributed by atoms with E-state index in [1.54, 1.807) is 0 Å². The highest BCUT2D eigenvalue weighted by Crippen LogP contribution is 2.05. The van der Waals surface area contributed by atoms with Gasteiger partial charge in [0.15, 0.2) is 11.6 Å². The first-order chi connectivity index (χ1) is 9.27. The van der Waals surface area contributed by atoms with Gasteiger partial charge >= 0.3 is 0 Å². The Morgan fingerprint density at radius 3 is 2.79 bits per heavy atom. The maximum atomic E-state index is 11.7. The smallest absolute Gasteiger partial charge is 0.273 e. The average molecular weight is 267 g/mol. The fraction of sp³-hybridized carbons (Fsp3) is 0.714. The molecule has 1 rings (SSSR count). The lowest BCUT2D eigenvalue weighted by atomic mass is 10.1. The SMILES string of the molecule is CCCCCCCCNC(=O)c1coc(CCN)n1. The van der Waals surface area contributed by atoms with Crippen molar-refractivity contribution < 1.29 is 9.21 Å². The summed E-state index contributed by atoms with van der Waals surface area (Å²) in [5, 5.41) is 2.85. The van der Waals surface area contributed by atoms with E-state index in [4.69, 9.17) is 10.2 Å². The number of unbranched alkanes of at least 4 members (excludes halogenated alkanes) is 5. The molecule has 0 aliphatic rings. The molecule has 0 atom stereocenters. The van der Waals surface area contributed by atoms with Crippen LogP contribution in [-0.2, 0) is 6.42 Å². The van der Waals surface area contributed by atoms with E-state index in [2.05, 4.69) is 17.2 Å². The van der Waals surface area contributed by atoms with Crippen molar-refractivity contribution in [3.05, 3.63) is 17.8 Å². The van der Waals surface area contributed by atoms with E-state index in [0.29, 0.717) is 31.1 Å². The molecule has 5 nitrogen and oxygen atoms in total. The molecule has 1 aromatic rings. The number of hydrogen-bond acceptors (Lipinski definition) is 4. The Morgan fingerprint density at radius 2 is 2.05 bits per heavy atom. The summed E-state index contributed by atoms with van der Waals surface area (Å²) in [4.78, 5) is 15.8. The van der Waals surface area contributed by atoms with E-state index in [1.807, 2.05) is 0 Å². The molecule has 0 unspecified atom stereocenters. The molecule has 0 spiro atoms. The van der Waals surface area contributed by atoms with Crippen molar-refractivity contribution in [2.24, 2.45) is 5.73 Å². The Labute approximate surface area is 115 Å². The normalized spacial score (nSPS) is 10.6. The molecular weight excluding hydrogens is 242 g/mol. The standard InChI is InChI=1S/C14H25N3O2/c1-2-3-4-5-6-7-10-16-14(18)12-11-19-13(17-12)8-9-15/h11H,2-10,15H2,1H3,(H,16,18). The Morgan fingerprint density at radius 1 is 1.32 bits per heavy atom. The lowest BCUT2D eigenvalue weighted by molar-refractivity contribution is 0.0948. The average Bonchev–Trinajstić information content (AvgIpc) is 2.87. The molecule has 0 aromatic carbocycles. The Balaban J connectivity index is 2.13. The molecule has 19 heavy (non-hydrogen) atoms. The van der Waals surface area contributed by atoms with E-state index in [-0.39, 0.29) is 5.91 Å². The Kier molecular flexibility index (Phi) is 7.89. The minimum Gasteiger partial charge on any atom is -0.448 e. The van der Waals surface area contributed by atoms with Gasteiger partial charge in [0.05, 0.1) is 0 Å². The second kappa shape index (κ2) is 9.55. The number of hydrogen-bond donors (Lipinski definition) is 2. The fourth-order valence-electron chi connectivity index (χ4n) is 1.85. The third kappa shape index (κ3) is 6.38. The molecule has 0 saturated carbocycles. The molecular formula is C14H25N3O2. The van der Waals surface area contributed by atoms with E-state index in [1.165, 1.54) is 31.9 Å². The lowest BCUT2D eigenvalue weighted by Crippen LogP contribution is -2.24. The monoisotopic (exact) mass is 267 g/mol. The van der Waals surface area contributed by atoms with Crippen LogP contribution in [0, 0.1) is 0 Å². The first-order valence-electron chi connectivity index (χ1n) is 7.20. The van der Waals surface area contributed by atoms with Crippen molar-refractivity contribution in [2.45, 2.75) is 51.9 Å². The summed E-state index contributed by atoms with van der Waals surface area (Å²) >= 11 is 0. The van der Waals surface area contributed by atoms with Crippen LogP contribution in [0.4, 0.5) is 0 Å². The highest BCUT2D eigenvalue weighted by atomic mass is 16.3. The molecule has 108 valence electrons. The molecule has 5 heteroatoms.